The van der Waals surface area contributed by atoms with Gasteiger partial charge in [0.25, 0.3) is 0 Å². The van der Waals surface area contributed by atoms with Crippen LogP contribution < -0.4 is 10.2 Å². The number of thiazole rings is 1. The number of halogens is 3. The van der Waals surface area contributed by atoms with Crippen LogP contribution in [-0.4, -0.2) is 27.1 Å². The fraction of sp³-hybridized carbons (Fsp3) is 0.333. The normalized spacial score (nSPS) is 11.7. The van der Waals surface area contributed by atoms with Crippen LogP contribution in [0.5, 0.6) is 0 Å². The fourth-order valence-electron chi connectivity index (χ4n) is 2.42. The third kappa shape index (κ3) is 5.70. The molecule has 0 atom stereocenters. The molecule has 30 heavy (non-hydrogen) atoms. The molecule has 0 aliphatic heterocycles. The van der Waals surface area contributed by atoms with E-state index >= 15 is 0 Å². The highest BCUT2D eigenvalue weighted by molar-refractivity contribution is 8.00. The van der Waals surface area contributed by atoms with E-state index in [-0.39, 0.29) is 11.7 Å². The summed E-state index contributed by atoms with van der Waals surface area (Å²) in [7, 11) is 0. The van der Waals surface area contributed by atoms with E-state index < -0.39 is 17.6 Å². The molecule has 0 aliphatic rings. The lowest BCUT2D eigenvalue weighted by Crippen LogP contribution is -2.23. The Morgan fingerprint density at radius 1 is 1.30 bits per heavy atom. The number of thioether (sulfide) groups is 1. The van der Waals surface area contributed by atoms with Gasteiger partial charge in [-0.05, 0) is 32.0 Å². The molecule has 160 valence electrons. The predicted octanol–water partition coefficient (Wildman–Crippen LogP) is 5.81. The lowest BCUT2D eigenvalue weighted by atomic mass is 10.2. The van der Waals surface area contributed by atoms with Crippen LogP contribution in [0.2, 0.25) is 0 Å². The molecule has 0 spiro atoms. The molecule has 3 aromatic rings. The molecule has 0 bridgehead atoms. The molecule has 0 fully saturated rings. The second kappa shape index (κ2) is 9.31. The van der Waals surface area contributed by atoms with Gasteiger partial charge in [0, 0.05) is 24.1 Å². The second-order valence-electron chi connectivity index (χ2n) is 6.48. The first-order valence-corrected chi connectivity index (χ1v) is 11.5. The van der Waals surface area contributed by atoms with E-state index in [9.17, 15) is 18.0 Å². The van der Waals surface area contributed by atoms with Gasteiger partial charge >= 0.3 is 6.18 Å². The van der Waals surface area contributed by atoms with Crippen LogP contribution in [0.25, 0.3) is 0 Å². The number of amides is 1. The Labute approximate surface area is 183 Å². The molecule has 0 saturated heterocycles. The monoisotopic (exact) mass is 473 g/mol. The Kier molecular flexibility index (Phi) is 6.98. The van der Waals surface area contributed by atoms with E-state index in [0.717, 1.165) is 21.6 Å². The van der Waals surface area contributed by atoms with Crippen molar-refractivity contribution in [3.63, 3.8) is 0 Å². The number of carbonyl (C=O) groups excluding carboxylic acids is 1. The smallest absolute Gasteiger partial charge is 0.358 e. The molecular formula is C18H18F3N5OS3. The number of anilines is 3. The minimum atomic E-state index is -4.49. The van der Waals surface area contributed by atoms with Crippen molar-refractivity contribution in [2.45, 2.75) is 43.1 Å². The van der Waals surface area contributed by atoms with E-state index in [2.05, 4.69) is 20.5 Å². The second-order valence-corrected chi connectivity index (χ2v) is 9.52. The van der Waals surface area contributed by atoms with Crippen molar-refractivity contribution in [3.8, 4) is 0 Å². The zero-order chi connectivity index (χ0) is 21.9. The van der Waals surface area contributed by atoms with E-state index in [1.165, 1.54) is 58.4 Å². The molecule has 0 unspecified atom stereocenters. The number of alkyl halides is 3. The van der Waals surface area contributed by atoms with Crippen LogP contribution in [0.1, 0.15) is 32.0 Å². The Bertz CT molecular complexity index is 1020. The minimum absolute atomic E-state index is 0.124. The van der Waals surface area contributed by atoms with Crippen molar-refractivity contribution < 1.29 is 18.0 Å². The highest BCUT2D eigenvalue weighted by atomic mass is 32.2. The first-order valence-electron chi connectivity index (χ1n) is 8.78. The zero-order valence-electron chi connectivity index (χ0n) is 16.2. The fourth-order valence-corrected chi connectivity index (χ4v) is 5.21. The van der Waals surface area contributed by atoms with Crippen LogP contribution in [0.15, 0.2) is 34.0 Å². The van der Waals surface area contributed by atoms with Gasteiger partial charge in [-0.25, -0.2) is 4.98 Å². The van der Waals surface area contributed by atoms with Gasteiger partial charge in [0.1, 0.15) is 0 Å². The Morgan fingerprint density at radius 2 is 2.07 bits per heavy atom. The molecule has 2 aromatic heterocycles. The summed E-state index contributed by atoms with van der Waals surface area (Å²) in [5, 5.41) is 14.2. The summed E-state index contributed by atoms with van der Waals surface area (Å²) in [6.45, 7) is 5.31. The van der Waals surface area contributed by atoms with Crippen LogP contribution >= 0.6 is 34.4 Å². The number of rotatable bonds is 7. The molecule has 0 aliphatic carbocycles. The number of nitrogens with zero attached hydrogens (tertiary/aromatic N) is 4. The van der Waals surface area contributed by atoms with Gasteiger partial charge < -0.3 is 5.32 Å². The maximum atomic E-state index is 13.0. The third-order valence-electron chi connectivity index (χ3n) is 3.64. The largest absolute Gasteiger partial charge is 0.416 e. The van der Waals surface area contributed by atoms with Crippen molar-refractivity contribution in [3.05, 3.63) is 40.9 Å². The van der Waals surface area contributed by atoms with Crippen molar-refractivity contribution in [1.82, 2.24) is 15.2 Å². The van der Waals surface area contributed by atoms with Gasteiger partial charge in [-0.1, -0.05) is 29.2 Å². The van der Waals surface area contributed by atoms with Crippen LogP contribution in [0.3, 0.4) is 0 Å². The molecular weight excluding hydrogens is 455 g/mol. The van der Waals surface area contributed by atoms with Crippen molar-refractivity contribution in [1.29, 1.82) is 0 Å². The number of benzene rings is 1. The molecule has 1 amide bonds. The van der Waals surface area contributed by atoms with Crippen LogP contribution in [-0.2, 0) is 16.7 Å². The number of nitrogens with one attached hydrogen (secondary N) is 1. The number of hydrogen-bond acceptors (Lipinski definition) is 8. The summed E-state index contributed by atoms with van der Waals surface area (Å²) in [5.41, 5.74) is 0.00636. The molecule has 0 radical (unpaired) electrons. The van der Waals surface area contributed by atoms with Crippen molar-refractivity contribution in [2.24, 2.45) is 0 Å². The maximum Gasteiger partial charge on any atom is 0.416 e. The molecule has 0 saturated carbocycles. The zero-order valence-corrected chi connectivity index (χ0v) is 18.7. The summed E-state index contributed by atoms with van der Waals surface area (Å²) in [6, 6.07) is 4.90. The highest BCUT2D eigenvalue weighted by Gasteiger charge is 2.31. The average molecular weight is 474 g/mol. The lowest BCUT2D eigenvalue weighted by Gasteiger charge is -2.19. The predicted molar refractivity (Wildman–Crippen MR) is 115 cm³/mol. The van der Waals surface area contributed by atoms with Crippen LogP contribution in [0, 0.1) is 0 Å². The number of carbonyl (C=O) groups is 1. The van der Waals surface area contributed by atoms with Crippen molar-refractivity contribution in [2.75, 3.05) is 10.2 Å². The van der Waals surface area contributed by atoms with E-state index in [1.54, 1.807) is 5.38 Å². The van der Waals surface area contributed by atoms with E-state index in [1.807, 2.05) is 13.8 Å². The standard InChI is InChI=1S/C18H18F3N5OS3/c1-10(2)22-15-24-25-17(30-15)29-9-13-8-28-16(23-13)26(11(3)27)14-6-4-5-12(7-14)18(19,20)21/h4-8,10H,9H2,1-3H3,(H,22,24). The molecule has 12 heteroatoms. The quantitative estimate of drug-likeness (QED) is 0.437. The topological polar surface area (TPSA) is 71.0 Å². The van der Waals surface area contributed by atoms with Crippen LogP contribution in [0.4, 0.5) is 29.1 Å². The van der Waals surface area contributed by atoms with Gasteiger partial charge in [-0.2, -0.15) is 13.2 Å². The van der Waals surface area contributed by atoms with E-state index in [0.29, 0.717) is 16.6 Å². The summed E-state index contributed by atoms with van der Waals surface area (Å²) in [5.74, 6) is 0.0811. The Hall–Kier alpha value is -2.18. The maximum absolute atomic E-state index is 13.0. The molecule has 3 rings (SSSR count). The lowest BCUT2D eigenvalue weighted by molar-refractivity contribution is -0.137. The summed E-state index contributed by atoms with van der Waals surface area (Å²) >= 11 is 4.08. The van der Waals surface area contributed by atoms with Gasteiger partial charge in [-0.15, -0.1) is 21.5 Å². The molecule has 1 N–H and O–H groups in total. The highest BCUT2D eigenvalue weighted by Crippen LogP contribution is 2.36. The van der Waals surface area contributed by atoms with E-state index in [4.69, 9.17) is 0 Å². The molecule has 6 nitrogen and oxygen atoms in total. The van der Waals surface area contributed by atoms with Gasteiger partial charge in [0.15, 0.2) is 9.47 Å². The third-order valence-corrected chi connectivity index (χ3v) is 6.54. The number of hydrogen-bond donors (Lipinski definition) is 1. The molecule has 1 aromatic carbocycles. The SMILES string of the molecule is CC(=O)N(c1cccc(C(F)(F)F)c1)c1nc(CSc2nnc(NC(C)C)s2)cs1. The van der Waals surface area contributed by atoms with Gasteiger partial charge in [0.2, 0.25) is 11.0 Å². The summed E-state index contributed by atoms with van der Waals surface area (Å²) in [6.07, 6.45) is -4.49. The minimum Gasteiger partial charge on any atom is -0.358 e. The Morgan fingerprint density at radius 3 is 2.73 bits per heavy atom. The first kappa shape index (κ1) is 22.5. The molecule has 2 heterocycles. The summed E-state index contributed by atoms with van der Waals surface area (Å²) in [4.78, 5) is 17.8. The summed E-state index contributed by atoms with van der Waals surface area (Å²) < 4.78 is 39.9. The number of aromatic nitrogens is 3. The van der Waals surface area contributed by atoms with Gasteiger partial charge in [-0.3, -0.25) is 9.69 Å². The van der Waals surface area contributed by atoms with Gasteiger partial charge in [0.05, 0.1) is 16.9 Å². The Balaban J connectivity index is 1.74. The van der Waals surface area contributed by atoms with Crippen molar-refractivity contribution >= 4 is 56.3 Å². The first-order chi connectivity index (χ1) is 14.1. The average Bonchev–Trinajstić information content (AvgIpc) is 3.28.